The van der Waals surface area contributed by atoms with Crippen molar-refractivity contribution in [1.29, 1.82) is 0 Å². The number of nitrogens with one attached hydrogen (secondary N) is 1. The standard InChI is InChI=1S/C18H30N2O2/c1-14(19-13-15-7-9-20(2)10-8-15)11-16-5-6-17(21-3)18(12-16)22-4/h5-6,12,14-15,19H,7-11,13H2,1-4H3. The molecule has 0 saturated carbocycles. The first-order valence-corrected chi connectivity index (χ1v) is 8.25. The minimum absolute atomic E-state index is 0.470. The van der Waals surface area contributed by atoms with Crippen molar-refractivity contribution < 1.29 is 9.47 Å². The normalized spacial score (nSPS) is 18.2. The average Bonchev–Trinajstić information content (AvgIpc) is 2.54. The lowest BCUT2D eigenvalue weighted by Crippen LogP contribution is -2.38. The van der Waals surface area contributed by atoms with E-state index in [1.807, 2.05) is 6.07 Å². The SMILES string of the molecule is COc1ccc(CC(C)NCC2CCN(C)CC2)cc1OC. The molecule has 1 atom stereocenters. The van der Waals surface area contributed by atoms with E-state index in [1.54, 1.807) is 14.2 Å². The van der Waals surface area contributed by atoms with Gasteiger partial charge in [-0.05, 0) is 76.5 Å². The van der Waals surface area contributed by atoms with Gasteiger partial charge < -0.3 is 19.7 Å². The van der Waals surface area contributed by atoms with Gasteiger partial charge in [0.2, 0.25) is 0 Å². The number of nitrogens with zero attached hydrogens (tertiary/aromatic N) is 1. The summed E-state index contributed by atoms with van der Waals surface area (Å²) in [6.45, 7) is 5.85. The van der Waals surface area contributed by atoms with E-state index in [2.05, 4.69) is 36.3 Å². The number of hydrogen-bond donors (Lipinski definition) is 1. The van der Waals surface area contributed by atoms with E-state index in [1.165, 1.54) is 31.5 Å². The van der Waals surface area contributed by atoms with E-state index in [-0.39, 0.29) is 0 Å². The molecule has 4 nitrogen and oxygen atoms in total. The Morgan fingerprint density at radius 3 is 2.50 bits per heavy atom. The molecule has 1 aliphatic heterocycles. The zero-order valence-electron chi connectivity index (χ0n) is 14.4. The molecule has 0 radical (unpaired) electrons. The van der Waals surface area contributed by atoms with Crippen molar-refractivity contribution >= 4 is 0 Å². The van der Waals surface area contributed by atoms with Gasteiger partial charge in [0.05, 0.1) is 14.2 Å². The molecule has 1 aromatic carbocycles. The summed E-state index contributed by atoms with van der Waals surface area (Å²) in [4.78, 5) is 2.42. The Bertz CT molecular complexity index is 456. The van der Waals surface area contributed by atoms with Crippen LogP contribution in [-0.2, 0) is 6.42 Å². The Kier molecular flexibility index (Phi) is 6.52. The third-order valence-corrected chi connectivity index (χ3v) is 4.58. The number of hydrogen-bond acceptors (Lipinski definition) is 4. The maximum Gasteiger partial charge on any atom is 0.160 e. The fourth-order valence-electron chi connectivity index (χ4n) is 3.07. The molecule has 1 fully saturated rings. The van der Waals surface area contributed by atoms with Crippen LogP contribution in [0.3, 0.4) is 0 Å². The summed E-state index contributed by atoms with van der Waals surface area (Å²) in [6, 6.07) is 6.65. The maximum atomic E-state index is 5.37. The maximum absolute atomic E-state index is 5.37. The molecule has 2 rings (SSSR count). The summed E-state index contributed by atoms with van der Waals surface area (Å²) in [5.74, 6) is 2.42. The van der Waals surface area contributed by atoms with Gasteiger partial charge in [0.25, 0.3) is 0 Å². The highest BCUT2D eigenvalue weighted by molar-refractivity contribution is 5.43. The lowest BCUT2D eigenvalue weighted by Gasteiger charge is -2.30. The van der Waals surface area contributed by atoms with Gasteiger partial charge in [0, 0.05) is 6.04 Å². The van der Waals surface area contributed by atoms with Crippen LogP contribution >= 0.6 is 0 Å². The smallest absolute Gasteiger partial charge is 0.160 e. The molecule has 4 heteroatoms. The van der Waals surface area contributed by atoms with Crippen LogP contribution in [0.1, 0.15) is 25.3 Å². The van der Waals surface area contributed by atoms with E-state index in [9.17, 15) is 0 Å². The van der Waals surface area contributed by atoms with E-state index < -0.39 is 0 Å². The van der Waals surface area contributed by atoms with Crippen molar-refractivity contribution in [2.75, 3.05) is 40.9 Å². The quantitative estimate of drug-likeness (QED) is 0.839. The molecule has 22 heavy (non-hydrogen) atoms. The molecule has 124 valence electrons. The molecule has 1 aromatic rings. The Morgan fingerprint density at radius 1 is 1.18 bits per heavy atom. The zero-order chi connectivity index (χ0) is 15.9. The average molecular weight is 306 g/mol. The van der Waals surface area contributed by atoms with Crippen molar-refractivity contribution in [1.82, 2.24) is 10.2 Å². The lowest BCUT2D eigenvalue weighted by molar-refractivity contribution is 0.213. The number of likely N-dealkylation sites (tertiary alicyclic amines) is 1. The number of ether oxygens (including phenoxy) is 2. The van der Waals surface area contributed by atoms with Crippen LogP contribution in [-0.4, -0.2) is 51.8 Å². The summed E-state index contributed by atoms with van der Waals surface area (Å²) in [7, 11) is 5.57. The van der Waals surface area contributed by atoms with Gasteiger partial charge in [-0.3, -0.25) is 0 Å². The predicted octanol–water partition coefficient (Wildman–Crippen LogP) is 2.57. The van der Waals surface area contributed by atoms with Crippen LogP contribution in [0.4, 0.5) is 0 Å². The minimum Gasteiger partial charge on any atom is -0.493 e. The zero-order valence-corrected chi connectivity index (χ0v) is 14.4. The summed E-state index contributed by atoms with van der Waals surface area (Å²) in [6.07, 6.45) is 3.63. The Morgan fingerprint density at radius 2 is 1.86 bits per heavy atom. The van der Waals surface area contributed by atoms with Gasteiger partial charge in [0.15, 0.2) is 11.5 Å². The molecule has 0 aromatic heterocycles. The summed E-state index contributed by atoms with van der Waals surface area (Å²) < 4.78 is 10.7. The summed E-state index contributed by atoms with van der Waals surface area (Å²) in [5, 5.41) is 3.69. The highest BCUT2D eigenvalue weighted by Gasteiger charge is 2.17. The lowest BCUT2D eigenvalue weighted by atomic mass is 9.96. The van der Waals surface area contributed by atoms with Gasteiger partial charge in [-0.1, -0.05) is 6.07 Å². The number of piperidine rings is 1. The van der Waals surface area contributed by atoms with Crippen molar-refractivity contribution in [2.45, 2.75) is 32.2 Å². The summed E-state index contributed by atoms with van der Waals surface area (Å²) in [5.41, 5.74) is 1.28. The second kappa shape index (κ2) is 8.39. The van der Waals surface area contributed by atoms with Gasteiger partial charge >= 0.3 is 0 Å². The highest BCUT2D eigenvalue weighted by atomic mass is 16.5. The number of methoxy groups -OCH3 is 2. The first-order valence-electron chi connectivity index (χ1n) is 8.25. The fraction of sp³-hybridized carbons (Fsp3) is 0.667. The molecule has 0 amide bonds. The second-order valence-electron chi connectivity index (χ2n) is 6.45. The van der Waals surface area contributed by atoms with E-state index in [0.29, 0.717) is 6.04 Å². The van der Waals surface area contributed by atoms with Gasteiger partial charge in [-0.2, -0.15) is 0 Å². The monoisotopic (exact) mass is 306 g/mol. The Balaban J connectivity index is 1.80. The highest BCUT2D eigenvalue weighted by Crippen LogP contribution is 2.28. The predicted molar refractivity (Wildman–Crippen MR) is 90.9 cm³/mol. The molecule has 1 saturated heterocycles. The van der Waals surface area contributed by atoms with Crippen LogP contribution in [0.5, 0.6) is 11.5 Å². The van der Waals surface area contributed by atoms with Crippen molar-refractivity contribution in [3.05, 3.63) is 23.8 Å². The molecular formula is C18H30N2O2. The minimum atomic E-state index is 0.470. The fourth-order valence-corrected chi connectivity index (χ4v) is 3.07. The second-order valence-corrected chi connectivity index (χ2v) is 6.45. The van der Waals surface area contributed by atoms with Gasteiger partial charge in [-0.15, -0.1) is 0 Å². The number of benzene rings is 1. The van der Waals surface area contributed by atoms with Gasteiger partial charge in [0.1, 0.15) is 0 Å². The van der Waals surface area contributed by atoms with E-state index >= 15 is 0 Å². The molecule has 1 N–H and O–H groups in total. The molecule has 0 spiro atoms. The third-order valence-electron chi connectivity index (χ3n) is 4.58. The largest absolute Gasteiger partial charge is 0.493 e. The van der Waals surface area contributed by atoms with Crippen LogP contribution in [0.2, 0.25) is 0 Å². The van der Waals surface area contributed by atoms with Crippen molar-refractivity contribution in [3.8, 4) is 11.5 Å². The van der Waals surface area contributed by atoms with Crippen LogP contribution in [0.25, 0.3) is 0 Å². The van der Waals surface area contributed by atoms with Gasteiger partial charge in [-0.25, -0.2) is 0 Å². The first kappa shape index (κ1) is 17.1. The molecule has 1 aliphatic rings. The van der Waals surface area contributed by atoms with E-state index in [0.717, 1.165) is 30.4 Å². The van der Waals surface area contributed by atoms with Crippen LogP contribution in [0, 0.1) is 5.92 Å². The Labute approximate surface area is 134 Å². The summed E-state index contributed by atoms with van der Waals surface area (Å²) >= 11 is 0. The Hall–Kier alpha value is -1.26. The molecular weight excluding hydrogens is 276 g/mol. The van der Waals surface area contributed by atoms with Crippen molar-refractivity contribution in [2.24, 2.45) is 5.92 Å². The molecule has 0 aliphatic carbocycles. The van der Waals surface area contributed by atoms with Crippen molar-refractivity contribution in [3.63, 3.8) is 0 Å². The third kappa shape index (κ3) is 4.89. The van der Waals surface area contributed by atoms with Crippen LogP contribution in [0.15, 0.2) is 18.2 Å². The molecule has 1 heterocycles. The first-order chi connectivity index (χ1) is 10.6. The topological polar surface area (TPSA) is 33.7 Å². The molecule has 0 bridgehead atoms. The number of rotatable bonds is 7. The molecule has 1 unspecified atom stereocenters. The van der Waals surface area contributed by atoms with E-state index in [4.69, 9.17) is 9.47 Å². The van der Waals surface area contributed by atoms with Crippen LogP contribution < -0.4 is 14.8 Å².